The quantitative estimate of drug-likeness (QED) is 0.515. The molecule has 2 fully saturated rings. The molecule has 12 heteroatoms. The minimum Gasteiger partial charge on any atom is -0.384 e. The monoisotopic (exact) mass is 491 g/mol. The Morgan fingerprint density at radius 2 is 2.09 bits per heavy atom. The number of carbonyl (C=O) groups is 1. The van der Waals surface area contributed by atoms with Gasteiger partial charge >= 0.3 is 6.18 Å². The van der Waals surface area contributed by atoms with E-state index in [1.807, 2.05) is 0 Å². The highest BCUT2D eigenvalue weighted by Crippen LogP contribution is 2.46. The number of aromatic nitrogens is 3. The highest BCUT2D eigenvalue weighted by atomic mass is 19.4. The number of aryl methyl sites for hydroxylation is 1. The predicted molar refractivity (Wildman–Crippen MR) is 122 cm³/mol. The summed E-state index contributed by atoms with van der Waals surface area (Å²) in [7, 11) is 0. The van der Waals surface area contributed by atoms with Crippen LogP contribution in [0.4, 0.5) is 30.4 Å². The summed E-state index contributed by atoms with van der Waals surface area (Å²) < 4.78 is 47.7. The summed E-state index contributed by atoms with van der Waals surface area (Å²) in [5.74, 6) is 0.233. The molecule has 4 rings (SSSR count). The average molecular weight is 492 g/mol. The van der Waals surface area contributed by atoms with Crippen molar-refractivity contribution < 1.29 is 22.7 Å². The maximum atomic E-state index is 13.6. The van der Waals surface area contributed by atoms with Crippen molar-refractivity contribution in [3.8, 4) is 6.07 Å². The normalized spacial score (nSPS) is 17.6. The molecule has 1 saturated carbocycles. The van der Waals surface area contributed by atoms with Crippen molar-refractivity contribution in [3.05, 3.63) is 29.7 Å². The van der Waals surface area contributed by atoms with Gasteiger partial charge in [-0.25, -0.2) is 4.98 Å². The number of carbonyl (C=O) groups excluding carboxylic acids is 1. The lowest BCUT2D eigenvalue weighted by molar-refractivity contribution is -0.137. The number of alkyl halides is 3. The van der Waals surface area contributed by atoms with Crippen molar-refractivity contribution in [1.82, 2.24) is 19.7 Å². The van der Waals surface area contributed by atoms with E-state index in [1.54, 1.807) is 22.7 Å². The van der Waals surface area contributed by atoms with Crippen LogP contribution in [0.5, 0.6) is 0 Å². The van der Waals surface area contributed by atoms with Gasteiger partial charge in [-0.3, -0.25) is 9.48 Å². The first kappa shape index (κ1) is 24.8. The van der Waals surface area contributed by atoms with Crippen molar-refractivity contribution in [2.24, 2.45) is 5.41 Å². The number of rotatable bonds is 9. The Morgan fingerprint density at radius 1 is 1.29 bits per heavy atom. The number of nitriles is 1. The van der Waals surface area contributed by atoms with E-state index >= 15 is 0 Å². The Labute approximate surface area is 201 Å². The van der Waals surface area contributed by atoms with E-state index in [1.165, 1.54) is 6.07 Å². The molecule has 0 atom stereocenters. The van der Waals surface area contributed by atoms with Gasteiger partial charge in [0, 0.05) is 38.1 Å². The molecule has 9 nitrogen and oxygen atoms in total. The Balaban J connectivity index is 1.42. The van der Waals surface area contributed by atoms with Crippen molar-refractivity contribution >= 4 is 23.1 Å². The number of anilines is 3. The minimum absolute atomic E-state index is 0.00725. The standard InChI is InChI=1S/C23H28F3N7O2/c1-16-19(13-33(31-16)15-22(14-27)4-5-22)30-20-11-18(17(12-29-20)23(24,25)26)28-6-2-7-32-8-10-35-9-3-21(32)34/h11-13H,2-10,15H2,1H3,(H2,28,29,30). The molecule has 0 spiro atoms. The Morgan fingerprint density at radius 3 is 2.80 bits per heavy atom. The Hall–Kier alpha value is -3.33. The molecular formula is C23H28F3N7O2. The number of nitrogens with one attached hydrogen (secondary N) is 2. The van der Waals surface area contributed by atoms with Gasteiger partial charge in [0.2, 0.25) is 5.91 Å². The molecule has 2 aliphatic rings. The summed E-state index contributed by atoms with van der Waals surface area (Å²) in [6.07, 6.45) is 0.443. The summed E-state index contributed by atoms with van der Waals surface area (Å²) in [5, 5.41) is 19.6. The topological polar surface area (TPSA) is 108 Å². The largest absolute Gasteiger partial charge is 0.419 e. The SMILES string of the molecule is Cc1nn(CC2(C#N)CC2)cc1Nc1cc(NCCCN2CCOCCC2=O)c(C(F)(F)F)cn1. The number of pyridine rings is 1. The van der Waals surface area contributed by atoms with Crippen molar-refractivity contribution in [1.29, 1.82) is 5.26 Å². The van der Waals surface area contributed by atoms with Crippen LogP contribution < -0.4 is 10.6 Å². The molecule has 0 bridgehead atoms. The molecule has 2 aromatic heterocycles. The second-order valence-corrected chi connectivity index (χ2v) is 8.98. The highest BCUT2D eigenvalue weighted by molar-refractivity contribution is 5.76. The lowest BCUT2D eigenvalue weighted by Crippen LogP contribution is -2.33. The van der Waals surface area contributed by atoms with Gasteiger partial charge in [-0.15, -0.1) is 0 Å². The van der Waals surface area contributed by atoms with Crippen LogP contribution in [0, 0.1) is 23.7 Å². The molecule has 188 valence electrons. The van der Waals surface area contributed by atoms with Crippen LogP contribution in [0.2, 0.25) is 0 Å². The zero-order valence-electron chi connectivity index (χ0n) is 19.5. The molecular weight excluding hydrogens is 463 g/mol. The van der Waals surface area contributed by atoms with Gasteiger partial charge in [0.25, 0.3) is 0 Å². The van der Waals surface area contributed by atoms with E-state index in [0.29, 0.717) is 57.1 Å². The van der Waals surface area contributed by atoms with Gasteiger partial charge < -0.3 is 20.3 Å². The molecule has 35 heavy (non-hydrogen) atoms. The van der Waals surface area contributed by atoms with Crippen molar-refractivity contribution in [3.63, 3.8) is 0 Å². The number of hydrogen-bond acceptors (Lipinski definition) is 7. The fourth-order valence-electron chi connectivity index (χ4n) is 3.97. The molecule has 1 aliphatic heterocycles. The lowest BCUT2D eigenvalue weighted by atomic mass is 10.1. The second-order valence-electron chi connectivity index (χ2n) is 8.98. The first-order valence-electron chi connectivity index (χ1n) is 11.6. The van der Waals surface area contributed by atoms with Gasteiger partial charge in [-0.05, 0) is 26.2 Å². The van der Waals surface area contributed by atoms with E-state index in [0.717, 1.165) is 19.0 Å². The van der Waals surface area contributed by atoms with Gasteiger partial charge in [0.15, 0.2) is 0 Å². The molecule has 1 aliphatic carbocycles. The van der Waals surface area contributed by atoms with Gasteiger partial charge in [-0.1, -0.05) is 0 Å². The van der Waals surface area contributed by atoms with Crippen LogP contribution in [-0.2, 0) is 22.3 Å². The van der Waals surface area contributed by atoms with E-state index in [4.69, 9.17) is 4.74 Å². The molecule has 0 unspecified atom stereocenters. The number of halogens is 3. The van der Waals surface area contributed by atoms with Gasteiger partial charge in [0.05, 0.1) is 60.3 Å². The van der Waals surface area contributed by atoms with E-state index in [9.17, 15) is 23.2 Å². The second kappa shape index (κ2) is 10.1. The summed E-state index contributed by atoms with van der Waals surface area (Å²) >= 11 is 0. The third kappa shape index (κ3) is 6.22. The van der Waals surface area contributed by atoms with E-state index in [2.05, 4.69) is 26.8 Å². The smallest absolute Gasteiger partial charge is 0.384 e. The highest BCUT2D eigenvalue weighted by Gasteiger charge is 2.43. The number of nitrogens with zero attached hydrogens (tertiary/aromatic N) is 5. The van der Waals surface area contributed by atoms with Crippen LogP contribution in [-0.4, -0.2) is 58.4 Å². The Bertz CT molecular complexity index is 1110. The van der Waals surface area contributed by atoms with Crippen LogP contribution in [0.1, 0.15) is 36.9 Å². The van der Waals surface area contributed by atoms with Crippen LogP contribution in [0.25, 0.3) is 0 Å². The molecule has 3 heterocycles. The van der Waals surface area contributed by atoms with Crippen molar-refractivity contribution in [2.45, 2.75) is 45.3 Å². The summed E-state index contributed by atoms with van der Waals surface area (Å²) in [5.41, 5.74) is -0.0593. The van der Waals surface area contributed by atoms with E-state index < -0.39 is 11.7 Å². The number of hydrogen-bond donors (Lipinski definition) is 2. The first-order valence-corrected chi connectivity index (χ1v) is 11.6. The molecule has 2 N–H and O–H groups in total. The molecule has 2 aromatic rings. The van der Waals surface area contributed by atoms with Gasteiger partial charge in [-0.2, -0.15) is 23.5 Å². The molecule has 1 saturated heterocycles. The molecule has 1 amide bonds. The lowest BCUT2D eigenvalue weighted by Gasteiger charge is -2.20. The number of ether oxygens (including phenoxy) is 1. The average Bonchev–Trinajstić information content (AvgIpc) is 3.54. The summed E-state index contributed by atoms with van der Waals surface area (Å²) in [6, 6.07) is 3.64. The Kier molecular flexibility index (Phi) is 7.16. The predicted octanol–water partition coefficient (Wildman–Crippen LogP) is 3.70. The van der Waals surface area contributed by atoms with Crippen LogP contribution in [0.3, 0.4) is 0 Å². The van der Waals surface area contributed by atoms with Crippen LogP contribution in [0.15, 0.2) is 18.5 Å². The maximum Gasteiger partial charge on any atom is 0.419 e. The fourth-order valence-corrected chi connectivity index (χ4v) is 3.97. The van der Waals surface area contributed by atoms with Crippen molar-refractivity contribution in [2.75, 3.05) is 43.5 Å². The fraction of sp³-hybridized carbons (Fsp3) is 0.565. The summed E-state index contributed by atoms with van der Waals surface area (Å²) in [4.78, 5) is 17.7. The zero-order valence-corrected chi connectivity index (χ0v) is 19.5. The minimum atomic E-state index is -4.57. The zero-order chi connectivity index (χ0) is 25.1. The van der Waals surface area contributed by atoms with Crippen LogP contribution >= 0.6 is 0 Å². The third-order valence-electron chi connectivity index (χ3n) is 6.21. The molecule has 0 aromatic carbocycles. The van der Waals surface area contributed by atoms with E-state index in [-0.39, 0.29) is 29.4 Å². The maximum absolute atomic E-state index is 13.6. The number of amides is 1. The summed E-state index contributed by atoms with van der Waals surface area (Å²) in [6.45, 7) is 4.30. The third-order valence-corrected chi connectivity index (χ3v) is 6.21. The first-order chi connectivity index (χ1) is 16.7. The van der Waals surface area contributed by atoms with Gasteiger partial charge in [0.1, 0.15) is 5.82 Å². The molecule has 0 radical (unpaired) electrons.